The zero-order valence-corrected chi connectivity index (χ0v) is 8.79. The van der Waals surface area contributed by atoms with Crippen LogP contribution in [0.25, 0.3) is 0 Å². The second-order valence-corrected chi connectivity index (χ2v) is 3.15. The van der Waals surface area contributed by atoms with E-state index in [1.165, 1.54) is 5.70 Å². The summed E-state index contributed by atoms with van der Waals surface area (Å²) in [5, 5.41) is 0. The van der Waals surface area contributed by atoms with Gasteiger partial charge in [-0.15, -0.1) is 0 Å². The summed E-state index contributed by atoms with van der Waals surface area (Å²) in [6, 6.07) is 0. The van der Waals surface area contributed by atoms with Gasteiger partial charge in [0, 0.05) is 25.9 Å². The van der Waals surface area contributed by atoms with Crippen molar-refractivity contribution in [1.82, 2.24) is 4.90 Å². The van der Waals surface area contributed by atoms with Gasteiger partial charge >= 0.3 is 0 Å². The minimum atomic E-state index is 0.255. The Morgan fingerprint density at radius 2 is 2.15 bits per heavy atom. The van der Waals surface area contributed by atoms with Crippen LogP contribution in [0.1, 0.15) is 20.3 Å². The van der Waals surface area contributed by atoms with Gasteiger partial charge in [-0.25, -0.2) is 0 Å². The van der Waals surface area contributed by atoms with Gasteiger partial charge in [0.1, 0.15) is 6.10 Å². The molecule has 0 bridgehead atoms. The van der Waals surface area contributed by atoms with E-state index in [9.17, 15) is 0 Å². The lowest BCUT2D eigenvalue weighted by molar-refractivity contribution is 0.105. The van der Waals surface area contributed by atoms with Crippen molar-refractivity contribution in [3.05, 3.63) is 23.9 Å². The molecule has 0 fully saturated rings. The summed E-state index contributed by atoms with van der Waals surface area (Å²) in [5.74, 6) is 0. The van der Waals surface area contributed by atoms with Crippen LogP contribution in [0, 0.1) is 0 Å². The number of rotatable bonds is 4. The first-order valence-electron chi connectivity index (χ1n) is 4.97. The first kappa shape index (κ1) is 10.3. The Bertz CT molecular complexity index is 204. The van der Waals surface area contributed by atoms with Crippen LogP contribution in [0.3, 0.4) is 0 Å². The summed E-state index contributed by atoms with van der Waals surface area (Å²) in [5.41, 5.74) is 1.31. The monoisotopic (exact) mass is 181 g/mol. The number of methoxy groups -OCH3 is 1. The third-order valence-corrected chi connectivity index (χ3v) is 2.50. The highest BCUT2D eigenvalue weighted by molar-refractivity contribution is 5.21. The molecule has 0 aliphatic heterocycles. The van der Waals surface area contributed by atoms with E-state index in [0.29, 0.717) is 0 Å². The molecule has 1 atom stereocenters. The molecular weight excluding hydrogens is 162 g/mol. The largest absolute Gasteiger partial charge is 0.375 e. The Morgan fingerprint density at radius 3 is 2.69 bits per heavy atom. The minimum Gasteiger partial charge on any atom is -0.375 e. The predicted molar refractivity (Wildman–Crippen MR) is 55.6 cm³/mol. The lowest BCUT2D eigenvalue weighted by atomic mass is 10.1. The number of likely N-dealkylation sites (N-methyl/N-ethyl adjacent to an activating group) is 1. The highest BCUT2D eigenvalue weighted by Crippen LogP contribution is 2.19. The predicted octanol–water partition coefficient (Wildman–Crippen LogP) is 2.19. The quantitative estimate of drug-likeness (QED) is 0.659. The van der Waals surface area contributed by atoms with Crippen molar-refractivity contribution in [3.63, 3.8) is 0 Å². The maximum atomic E-state index is 5.43. The number of ether oxygens (including phenoxy) is 1. The standard InChI is InChI=1S/C11H19NO/c1-4-12(5-2)10-8-6-7-9-11(10)13-3/h6-8,11H,4-5,9H2,1-3H3/t11-/m0/s1. The fourth-order valence-corrected chi connectivity index (χ4v) is 1.71. The summed E-state index contributed by atoms with van der Waals surface area (Å²) in [6.07, 6.45) is 7.68. The molecule has 0 radical (unpaired) electrons. The summed E-state index contributed by atoms with van der Waals surface area (Å²) >= 11 is 0. The van der Waals surface area contributed by atoms with Crippen molar-refractivity contribution in [1.29, 1.82) is 0 Å². The highest BCUT2D eigenvalue weighted by atomic mass is 16.5. The van der Waals surface area contributed by atoms with Crippen LogP contribution in [0.2, 0.25) is 0 Å². The summed E-state index contributed by atoms with van der Waals surface area (Å²) in [4.78, 5) is 2.34. The molecule has 1 rings (SSSR count). The second kappa shape index (κ2) is 5.07. The van der Waals surface area contributed by atoms with Gasteiger partial charge in [-0.2, -0.15) is 0 Å². The first-order chi connectivity index (χ1) is 6.33. The molecule has 0 unspecified atom stereocenters. The van der Waals surface area contributed by atoms with E-state index in [2.05, 4.69) is 37.0 Å². The van der Waals surface area contributed by atoms with Crippen molar-refractivity contribution >= 4 is 0 Å². The molecule has 1 aliphatic carbocycles. The molecule has 13 heavy (non-hydrogen) atoms. The Kier molecular flexibility index (Phi) is 4.03. The summed E-state index contributed by atoms with van der Waals surface area (Å²) in [7, 11) is 1.78. The van der Waals surface area contributed by atoms with Gasteiger partial charge < -0.3 is 9.64 Å². The minimum absolute atomic E-state index is 0.255. The van der Waals surface area contributed by atoms with Gasteiger partial charge in [-0.05, 0) is 26.3 Å². The van der Waals surface area contributed by atoms with E-state index in [4.69, 9.17) is 4.74 Å². The van der Waals surface area contributed by atoms with E-state index in [-0.39, 0.29) is 6.10 Å². The maximum absolute atomic E-state index is 5.43. The maximum Gasteiger partial charge on any atom is 0.100 e. The summed E-state index contributed by atoms with van der Waals surface area (Å²) in [6.45, 7) is 6.46. The fraction of sp³-hybridized carbons (Fsp3) is 0.636. The van der Waals surface area contributed by atoms with Gasteiger partial charge in [0.15, 0.2) is 0 Å². The summed E-state index contributed by atoms with van der Waals surface area (Å²) < 4.78 is 5.43. The fourth-order valence-electron chi connectivity index (χ4n) is 1.71. The van der Waals surface area contributed by atoms with Crippen molar-refractivity contribution in [2.45, 2.75) is 26.4 Å². The Balaban J connectivity index is 2.72. The smallest absolute Gasteiger partial charge is 0.100 e. The molecule has 0 N–H and O–H groups in total. The lowest BCUT2D eigenvalue weighted by Gasteiger charge is -2.30. The van der Waals surface area contributed by atoms with E-state index in [1.54, 1.807) is 7.11 Å². The molecule has 74 valence electrons. The van der Waals surface area contributed by atoms with Crippen molar-refractivity contribution < 1.29 is 4.74 Å². The van der Waals surface area contributed by atoms with E-state index >= 15 is 0 Å². The zero-order chi connectivity index (χ0) is 9.68. The number of hydrogen-bond acceptors (Lipinski definition) is 2. The van der Waals surface area contributed by atoms with Crippen LogP contribution in [-0.2, 0) is 4.74 Å². The molecule has 0 aromatic carbocycles. The number of nitrogens with zero attached hydrogens (tertiary/aromatic N) is 1. The number of allylic oxidation sites excluding steroid dienone is 2. The Morgan fingerprint density at radius 1 is 1.46 bits per heavy atom. The molecule has 2 nitrogen and oxygen atoms in total. The molecule has 0 aromatic heterocycles. The van der Waals surface area contributed by atoms with Crippen LogP contribution < -0.4 is 0 Å². The molecule has 0 saturated heterocycles. The molecule has 0 heterocycles. The van der Waals surface area contributed by atoms with Gasteiger partial charge in [-0.3, -0.25) is 0 Å². The third kappa shape index (κ3) is 2.34. The number of hydrogen-bond donors (Lipinski definition) is 0. The van der Waals surface area contributed by atoms with Crippen LogP contribution in [0.4, 0.5) is 0 Å². The molecule has 1 aliphatic rings. The first-order valence-corrected chi connectivity index (χ1v) is 4.97. The zero-order valence-electron chi connectivity index (χ0n) is 8.79. The molecule has 0 spiro atoms. The van der Waals surface area contributed by atoms with Crippen LogP contribution >= 0.6 is 0 Å². The average molecular weight is 181 g/mol. The Labute approximate surface area is 80.9 Å². The second-order valence-electron chi connectivity index (χ2n) is 3.15. The van der Waals surface area contributed by atoms with E-state index in [0.717, 1.165) is 19.5 Å². The SMILES string of the molecule is CCN(CC)C1=CC=CC[C@@H]1OC. The molecule has 0 saturated carbocycles. The topological polar surface area (TPSA) is 12.5 Å². The van der Waals surface area contributed by atoms with Crippen LogP contribution in [-0.4, -0.2) is 31.2 Å². The Hall–Kier alpha value is -0.760. The lowest BCUT2D eigenvalue weighted by Crippen LogP contribution is -2.31. The molecule has 0 aromatic rings. The van der Waals surface area contributed by atoms with Crippen molar-refractivity contribution in [3.8, 4) is 0 Å². The van der Waals surface area contributed by atoms with Crippen molar-refractivity contribution in [2.24, 2.45) is 0 Å². The third-order valence-electron chi connectivity index (χ3n) is 2.50. The van der Waals surface area contributed by atoms with E-state index < -0.39 is 0 Å². The average Bonchev–Trinajstić information content (AvgIpc) is 2.20. The van der Waals surface area contributed by atoms with Gasteiger partial charge in [-0.1, -0.05) is 12.2 Å². The molecule has 2 heteroatoms. The normalized spacial score (nSPS) is 21.5. The van der Waals surface area contributed by atoms with Gasteiger partial charge in [0.2, 0.25) is 0 Å². The van der Waals surface area contributed by atoms with Crippen LogP contribution in [0.5, 0.6) is 0 Å². The molecule has 0 amide bonds. The highest BCUT2D eigenvalue weighted by Gasteiger charge is 2.17. The van der Waals surface area contributed by atoms with Crippen LogP contribution in [0.15, 0.2) is 23.9 Å². The molecular formula is C11H19NO. The van der Waals surface area contributed by atoms with Gasteiger partial charge in [0.05, 0.1) is 0 Å². The van der Waals surface area contributed by atoms with Crippen molar-refractivity contribution in [2.75, 3.05) is 20.2 Å². The van der Waals surface area contributed by atoms with E-state index in [1.807, 2.05) is 0 Å². The van der Waals surface area contributed by atoms with Gasteiger partial charge in [0.25, 0.3) is 0 Å².